The summed E-state index contributed by atoms with van der Waals surface area (Å²) < 4.78 is 0. The average Bonchev–Trinajstić information content (AvgIpc) is 2.53. The molecule has 116 valence electrons. The van der Waals surface area contributed by atoms with E-state index in [2.05, 4.69) is 20.3 Å². The van der Waals surface area contributed by atoms with Gasteiger partial charge in [0, 0.05) is 5.69 Å². The van der Waals surface area contributed by atoms with Gasteiger partial charge >= 0.3 is 0 Å². The van der Waals surface area contributed by atoms with E-state index in [1.54, 1.807) is 24.3 Å². The van der Waals surface area contributed by atoms with Gasteiger partial charge in [0.2, 0.25) is 5.91 Å². The number of aryl methyl sites for hydroxylation is 1. The molecular weight excluding hydrogens is 312 g/mol. The van der Waals surface area contributed by atoms with Gasteiger partial charge in [-0.05, 0) is 31.2 Å². The molecule has 0 spiro atoms. The van der Waals surface area contributed by atoms with Crippen LogP contribution in [-0.2, 0) is 4.79 Å². The number of aromatic nitrogens is 3. The van der Waals surface area contributed by atoms with Crippen molar-refractivity contribution in [2.24, 2.45) is 0 Å². The van der Waals surface area contributed by atoms with Gasteiger partial charge in [0.15, 0.2) is 5.16 Å². The molecule has 0 aliphatic rings. The molecule has 0 fully saturated rings. The van der Waals surface area contributed by atoms with Crippen molar-refractivity contribution in [3.05, 3.63) is 58.5 Å². The minimum atomic E-state index is -0.209. The Hall–Kier alpha value is -2.67. The molecule has 6 nitrogen and oxygen atoms in total. The quantitative estimate of drug-likeness (QED) is 0.567. The third-order valence-corrected chi connectivity index (χ3v) is 3.96. The Balaban J connectivity index is 1.68. The summed E-state index contributed by atoms with van der Waals surface area (Å²) in [6.45, 7) is 1.86. The first kappa shape index (κ1) is 15.2. The SMILES string of the molecule is Cc1cccc(NC(=O)CSc2nc3ccccc3c(=O)[nH]2)n1. The van der Waals surface area contributed by atoms with Crippen molar-refractivity contribution in [1.82, 2.24) is 15.0 Å². The maximum atomic E-state index is 12.0. The molecule has 1 aromatic carbocycles. The summed E-state index contributed by atoms with van der Waals surface area (Å²) in [5.41, 5.74) is 1.23. The number of fused-ring (bicyclic) bond motifs is 1. The van der Waals surface area contributed by atoms with Gasteiger partial charge in [-0.3, -0.25) is 9.59 Å². The number of H-pyrrole nitrogens is 1. The van der Waals surface area contributed by atoms with Crippen molar-refractivity contribution in [2.45, 2.75) is 12.1 Å². The first-order chi connectivity index (χ1) is 11.1. The lowest BCUT2D eigenvalue weighted by Crippen LogP contribution is -2.16. The van der Waals surface area contributed by atoms with E-state index in [0.29, 0.717) is 21.9 Å². The summed E-state index contributed by atoms with van der Waals surface area (Å²) in [7, 11) is 0. The van der Waals surface area contributed by atoms with Gasteiger partial charge in [-0.25, -0.2) is 9.97 Å². The Labute approximate surface area is 136 Å². The van der Waals surface area contributed by atoms with E-state index in [4.69, 9.17) is 0 Å². The van der Waals surface area contributed by atoms with Gasteiger partial charge in [-0.1, -0.05) is 30.0 Å². The van der Waals surface area contributed by atoms with Crippen LogP contribution in [-0.4, -0.2) is 26.6 Å². The molecule has 2 aromatic heterocycles. The van der Waals surface area contributed by atoms with Crippen molar-refractivity contribution in [1.29, 1.82) is 0 Å². The Morgan fingerprint density at radius 1 is 1.17 bits per heavy atom. The largest absolute Gasteiger partial charge is 0.310 e. The van der Waals surface area contributed by atoms with E-state index in [-0.39, 0.29) is 17.2 Å². The first-order valence-corrected chi connectivity index (χ1v) is 7.96. The Kier molecular flexibility index (Phi) is 4.38. The smallest absolute Gasteiger partial charge is 0.259 e. The number of hydrogen-bond acceptors (Lipinski definition) is 5. The molecule has 0 saturated carbocycles. The highest BCUT2D eigenvalue weighted by atomic mass is 32.2. The van der Waals surface area contributed by atoms with Crippen LogP contribution in [0.2, 0.25) is 0 Å². The Morgan fingerprint density at radius 3 is 2.83 bits per heavy atom. The zero-order valence-electron chi connectivity index (χ0n) is 12.4. The number of para-hydroxylation sites is 1. The molecule has 0 unspecified atom stereocenters. The summed E-state index contributed by atoms with van der Waals surface area (Å²) in [5.74, 6) is 0.441. The van der Waals surface area contributed by atoms with E-state index in [9.17, 15) is 9.59 Å². The third kappa shape index (κ3) is 3.75. The lowest BCUT2D eigenvalue weighted by molar-refractivity contribution is -0.113. The number of hydrogen-bond donors (Lipinski definition) is 2. The van der Waals surface area contributed by atoms with Crippen LogP contribution in [0, 0.1) is 6.92 Å². The zero-order valence-corrected chi connectivity index (χ0v) is 13.2. The number of pyridine rings is 1. The normalized spacial score (nSPS) is 10.7. The van der Waals surface area contributed by atoms with Crippen molar-refractivity contribution in [3.8, 4) is 0 Å². The predicted molar refractivity (Wildman–Crippen MR) is 90.7 cm³/mol. The van der Waals surface area contributed by atoms with Crippen LogP contribution in [0.1, 0.15) is 5.69 Å². The molecule has 2 N–H and O–H groups in total. The third-order valence-electron chi connectivity index (χ3n) is 3.09. The summed E-state index contributed by atoms with van der Waals surface area (Å²) in [6, 6.07) is 12.5. The van der Waals surface area contributed by atoms with Crippen LogP contribution in [0.25, 0.3) is 10.9 Å². The van der Waals surface area contributed by atoms with Crippen LogP contribution in [0.3, 0.4) is 0 Å². The number of amides is 1. The predicted octanol–water partition coefficient (Wildman–Crippen LogP) is 2.36. The molecule has 0 aliphatic carbocycles. The fourth-order valence-corrected chi connectivity index (χ4v) is 2.73. The Morgan fingerprint density at radius 2 is 2.00 bits per heavy atom. The fourth-order valence-electron chi connectivity index (χ4n) is 2.06. The molecule has 0 radical (unpaired) electrons. The van der Waals surface area contributed by atoms with Crippen LogP contribution in [0.4, 0.5) is 5.82 Å². The monoisotopic (exact) mass is 326 g/mol. The standard InChI is InChI=1S/C16H14N4O2S/c1-10-5-4-8-13(17-10)19-14(21)9-23-16-18-12-7-3-2-6-11(12)15(22)20-16/h2-8H,9H2,1H3,(H,17,19,21)(H,18,20,22). The summed E-state index contributed by atoms with van der Waals surface area (Å²) in [4.78, 5) is 35.1. The summed E-state index contributed by atoms with van der Waals surface area (Å²) in [5, 5.41) is 3.66. The van der Waals surface area contributed by atoms with Gasteiger partial charge in [0.1, 0.15) is 5.82 Å². The molecule has 7 heteroatoms. The van der Waals surface area contributed by atoms with E-state index in [0.717, 1.165) is 5.69 Å². The second-order valence-corrected chi connectivity index (χ2v) is 5.85. The number of nitrogens with zero attached hydrogens (tertiary/aromatic N) is 2. The van der Waals surface area contributed by atoms with Crippen LogP contribution in [0.15, 0.2) is 52.4 Å². The number of aromatic amines is 1. The van der Waals surface area contributed by atoms with Gasteiger partial charge in [0.05, 0.1) is 16.7 Å². The van der Waals surface area contributed by atoms with Gasteiger partial charge in [0.25, 0.3) is 5.56 Å². The van der Waals surface area contributed by atoms with Crippen LogP contribution >= 0.6 is 11.8 Å². The topological polar surface area (TPSA) is 87.7 Å². The molecule has 0 saturated heterocycles. The number of benzene rings is 1. The molecule has 3 rings (SSSR count). The molecule has 3 aromatic rings. The van der Waals surface area contributed by atoms with Crippen LogP contribution < -0.4 is 10.9 Å². The number of nitrogens with one attached hydrogen (secondary N) is 2. The minimum Gasteiger partial charge on any atom is -0.310 e. The number of thioether (sulfide) groups is 1. The highest BCUT2D eigenvalue weighted by Gasteiger charge is 2.08. The van der Waals surface area contributed by atoms with Gasteiger partial charge in [-0.15, -0.1) is 0 Å². The summed E-state index contributed by atoms with van der Waals surface area (Å²) >= 11 is 1.17. The second kappa shape index (κ2) is 6.62. The molecule has 0 atom stereocenters. The van der Waals surface area contributed by atoms with Crippen molar-refractivity contribution in [2.75, 3.05) is 11.1 Å². The highest BCUT2D eigenvalue weighted by molar-refractivity contribution is 7.99. The maximum Gasteiger partial charge on any atom is 0.259 e. The van der Waals surface area contributed by atoms with Gasteiger partial charge in [-0.2, -0.15) is 0 Å². The lowest BCUT2D eigenvalue weighted by Gasteiger charge is -2.05. The molecule has 0 bridgehead atoms. The minimum absolute atomic E-state index is 0.136. The molecular formula is C16H14N4O2S. The van der Waals surface area contributed by atoms with E-state index in [1.807, 2.05) is 25.1 Å². The van der Waals surface area contributed by atoms with E-state index >= 15 is 0 Å². The maximum absolute atomic E-state index is 12.0. The van der Waals surface area contributed by atoms with Crippen LogP contribution in [0.5, 0.6) is 0 Å². The van der Waals surface area contributed by atoms with E-state index < -0.39 is 0 Å². The van der Waals surface area contributed by atoms with Crippen molar-refractivity contribution >= 4 is 34.4 Å². The number of anilines is 1. The first-order valence-electron chi connectivity index (χ1n) is 6.97. The zero-order chi connectivity index (χ0) is 16.2. The molecule has 2 heterocycles. The average molecular weight is 326 g/mol. The van der Waals surface area contributed by atoms with Crippen molar-refractivity contribution in [3.63, 3.8) is 0 Å². The number of rotatable bonds is 4. The molecule has 0 aliphatic heterocycles. The highest BCUT2D eigenvalue weighted by Crippen LogP contribution is 2.15. The second-order valence-electron chi connectivity index (χ2n) is 4.89. The molecule has 1 amide bonds. The van der Waals surface area contributed by atoms with Crippen molar-refractivity contribution < 1.29 is 4.79 Å². The van der Waals surface area contributed by atoms with E-state index in [1.165, 1.54) is 11.8 Å². The van der Waals surface area contributed by atoms with Gasteiger partial charge < -0.3 is 10.3 Å². The number of carbonyl (C=O) groups excluding carboxylic acids is 1. The lowest BCUT2D eigenvalue weighted by atomic mass is 10.2. The molecule has 23 heavy (non-hydrogen) atoms. The fraction of sp³-hybridized carbons (Fsp3) is 0.125. The number of carbonyl (C=O) groups is 1. The summed E-state index contributed by atoms with van der Waals surface area (Å²) in [6.07, 6.45) is 0. The Bertz CT molecular complexity index is 923.